The number of nitrogens with one attached hydrogen (secondary N) is 1. The molecule has 0 fully saturated rings. The standard InChI is InChI=1S/C13H14BrN3O3/c1-7(5-15)16-11(18)6-17-12(19)9-3-2-8(14)4-10(9)13(17)20/h2-4,7H,5-6,15H2,1H3,(H,16,18)/t7-/m0/s1. The van der Waals surface area contributed by atoms with Gasteiger partial charge in [0.25, 0.3) is 11.8 Å². The molecule has 1 atom stereocenters. The van der Waals surface area contributed by atoms with Gasteiger partial charge in [0.1, 0.15) is 6.54 Å². The maximum atomic E-state index is 12.1. The van der Waals surface area contributed by atoms with Gasteiger partial charge in [-0.1, -0.05) is 15.9 Å². The van der Waals surface area contributed by atoms with Crippen molar-refractivity contribution < 1.29 is 14.4 Å². The van der Waals surface area contributed by atoms with Crippen LogP contribution in [0.3, 0.4) is 0 Å². The smallest absolute Gasteiger partial charge is 0.262 e. The Labute approximate surface area is 124 Å². The average molecular weight is 340 g/mol. The number of halogens is 1. The van der Waals surface area contributed by atoms with E-state index in [2.05, 4.69) is 21.2 Å². The molecule has 20 heavy (non-hydrogen) atoms. The fourth-order valence-corrected chi connectivity index (χ4v) is 2.29. The minimum absolute atomic E-state index is 0.202. The molecule has 0 saturated carbocycles. The second-order valence-corrected chi connectivity index (χ2v) is 5.51. The molecular formula is C13H14BrN3O3. The second kappa shape index (κ2) is 5.72. The number of carbonyl (C=O) groups is 3. The van der Waals surface area contributed by atoms with Gasteiger partial charge in [0, 0.05) is 17.1 Å². The summed E-state index contributed by atoms with van der Waals surface area (Å²) in [6.07, 6.45) is 0. The molecule has 0 aliphatic carbocycles. The summed E-state index contributed by atoms with van der Waals surface area (Å²) in [4.78, 5) is 36.9. The van der Waals surface area contributed by atoms with Crippen molar-refractivity contribution in [2.45, 2.75) is 13.0 Å². The molecule has 1 heterocycles. The number of amides is 3. The van der Waals surface area contributed by atoms with Crippen LogP contribution in [0, 0.1) is 0 Å². The number of hydrogen-bond donors (Lipinski definition) is 2. The molecule has 2 rings (SSSR count). The number of nitrogens with zero attached hydrogens (tertiary/aromatic N) is 1. The zero-order valence-electron chi connectivity index (χ0n) is 10.9. The van der Waals surface area contributed by atoms with E-state index in [9.17, 15) is 14.4 Å². The van der Waals surface area contributed by atoms with Gasteiger partial charge in [0.05, 0.1) is 11.1 Å². The Morgan fingerprint density at radius 3 is 2.65 bits per heavy atom. The predicted octanol–water partition coefficient (Wildman–Crippen LogP) is 0.509. The van der Waals surface area contributed by atoms with Gasteiger partial charge < -0.3 is 11.1 Å². The Bertz CT molecular complexity index is 588. The zero-order chi connectivity index (χ0) is 14.9. The summed E-state index contributed by atoms with van der Waals surface area (Å²) < 4.78 is 0.709. The fourth-order valence-electron chi connectivity index (χ4n) is 1.93. The number of fused-ring (bicyclic) bond motifs is 1. The van der Waals surface area contributed by atoms with E-state index in [1.165, 1.54) is 0 Å². The third-order valence-corrected chi connectivity index (χ3v) is 3.49. The van der Waals surface area contributed by atoms with Crippen LogP contribution in [0.4, 0.5) is 0 Å². The summed E-state index contributed by atoms with van der Waals surface area (Å²) in [7, 11) is 0. The first-order valence-electron chi connectivity index (χ1n) is 6.09. The lowest BCUT2D eigenvalue weighted by Gasteiger charge is -2.16. The summed E-state index contributed by atoms with van der Waals surface area (Å²) in [5, 5.41) is 2.62. The van der Waals surface area contributed by atoms with E-state index in [-0.39, 0.29) is 12.6 Å². The van der Waals surface area contributed by atoms with Crippen LogP contribution in [0.1, 0.15) is 27.6 Å². The molecule has 0 saturated heterocycles. The number of imide groups is 1. The monoisotopic (exact) mass is 339 g/mol. The molecule has 1 aromatic carbocycles. The average Bonchev–Trinajstić information content (AvgIpc) is 2.63. The lowest BCUT2D eigenvalue weighted by molar-refractivity contribution is -0.121. The highest BCUT2D eigenvalue weighted by Gasteiger charge is 2.36. The number of nitrogens with two attached hydrogens (primary N) is 1. The van der Waals surface area contributed by atoms with E-state index in [0.29, 0.717) is 22.1 Å². The van der Waals surface area contributed by atoms with Crippen LogP contribution in [0.25, 0.3) is 0 Å². The minimum atomic E-state index is -0.457. The summed E-state index contributed by atoms with van der Waals surface area (Å²) in [6, 6.07) is 4.63. The van der Waals surface area contributed by atoms with Gasteiger partial charge in [-0.25, -0.2) is 0 Å². The predicted molar refractivity (Wildman–Crippen MR) is 76.2 cm³/mol. The number of benzene rings is 1. The van der Waals surface area contributed by atoms with Crippen LogP contribution in [0.5, 0.6) is 0 Å². The fraction of sp³-hybridized carbons (Fsp3) is 0.308. The third-order valence-electron chi connectivity index (χ3n) is 3.00. The van der Waals surface area contributed by atoms with Crippen LogP contribution >= 0.6 is 15.9 Å². The zero-order valence-corrected chi connectivity index (χ0v) is 12.4. The van der Waals surface area contributed by atoms with Crippen molar-refractivity contribution >= 4 is 33.7 Å². The topological polar surface area (TPSA) is 92.5 Å². The van der Waals surface area contributed by atoms with E-state index in [1.807, 2.05) is 0 Å². The Balaban J connectivity index is 2.14. The molecule has 106 valence electrons. The van der Waals surface area contributed by atoms with Crippen molar-refractivity contribution in [3.05, 3.63) is 33.8 Å². The lowest BCUT2D eigenvalue weighted by Crippen LogP contribution is -2.45. The van der Waals surface area contributed by atoms with Gasteiger partial charge in [-0.15, -0.1) is 0 Å². The SMILES string of the molecule is C[C@@H](CN)NC(=O)CN1C(=O)c2ccc(Br)cc2C1=O. The molecule has 0 unspecified atom stereocenters. The minimum Gasteiger partial charge on any atom is -0.351 e. The van der Waals surface area contributed by atoms with E-state index < -0.39 is 17.7 Å². The molecule has 3 N–H and O–H groups in total. The maximum Gasteiger partial charge on any atom is 0.262 e. The van der Waals surface area contributed by atoms with Crippen molar-refractivity contribution in [2.75, 3.05) is 13.1 Å². The largest absolute Gasteiger partial charge is 0.351 e. The Morgan fingerprint density at radius 2 is 2.00 bits per heavy atom. The number of rotatable bonds is 4. The summed E-state index contributed by atoms with van der Waals surface area (Å²) in [5.41, 5.74) is 6.03. The molecule has 0 radical (unpaired) electrons. The number of hydrogen-bond acceptors (Lipinski definition) is 4. The van der Waals surface area contributed by atoms with Crippen molar-refractivity contribution in [1.29, 1.82) is 0 Å². The highest BCUT2D eigenvalue weighted by Crippen LogP contribution is 2.25. The van der Waals surface area contributed by atoms with E-state index in [0.717, 1.165) is 4.90 Å². The van der Waals surface area contributed by atoms with Crippen LogP contribution in [0.15, 0.2) is 22.7 Å². The first-order valence-corrected chi connectivity index (χ1v) is 6.88. The van der Waals surface area contributed by atoms with Crippen LogP contribution < -0.4 is 11.1 Å². The third kappa shape index (κ3) is 2.73. The van der Waals surface area contributed by atoms with Gasteiger partial charge in [-0.2, -0.15) is 0 Å². The Morgan fingerprint density at radius 1 is 1.35 bits per heavy atom. The van der Waals surface area contributed by atoms with Gasteiger partial charge in [-0.05, 0) is 25.1 Å². The van der Waals surface area contributed by atoms with Gasteiger partial charge in [-0.3, -0.25) is 19.3 Å². The summed E-state index contributed by atoms with van der Waals surface area (Å²) in [5.74, 6) is -1.31. The molecule has 0 aromatic heterocycles. The molecule has 1 aromatic rings. The van der Waals surface area contributed by atoms with E-state index in [4.69, 9.17) is 5.73 Å². The molecular weight excluding hydrogens is 326 g/mol. The van der Waals surface area contributed by atoms with E-state index in [1.54, 1.807) is 25.1 Å². The van der Waals surface area contributed by atoms with Crippen LogP contribution in [0.2, 0.25) is 0 Å². The molecule has 0 spiro atoms. The van der Waals surface area contributed by atoms with Gasteiger partial charge in [0.15, 0.2) is 0 Å². The van der Waals surface area contributed by atoms with Crippen molar-refractivity contribution in [2.24, 2.45) is 5.73 Å². The van der Waals surface area contributed by atoms with Gasteiger partial charge in [0.2, 0.25) is 5.91 Å². The van der Waals surface area contributed by atoms with Crippen LogP contribution in [-0.4, -0.2) is 41.8 Å². The maximum absolute atomic E-state index is 12.1. The molecule has 6 nitrogen and oxygen atoms in total. The van der Waals surface area contributed by atoms with Crippen molar-refractivity contribution in [3.63, 3.8) is 0 Å². The molecule has 3 amide bonds. The van der Waals surface area contributed by atoms with Crippen molar-refractivity contribution in [3.8, 4) is 0 Å². The highest BCUT2D eigenvalue weighted by molar-refractivity contribution is 9.10. The Kier molecular flexibility index (Phi) is 4.20. The second-order valence-electron chi connectivity index (χ2n) is 4.59. The molecule has 0 bridgehead atoms. The quantitative estimate of drug-likeness (QED) is 0.781. The summed E-state index contributed by atoms with van der Waals surface area (Å²) >= 11 is 3.25. The van der Waals surface area contributed by atoms with Gasteiger partial charge >= 0.3 is 0 Å². The normalized spacial score (nSPS) is 15.2. The van der Waals surface area contributed by atoms with Crippen molar-refractivity contribution in [1.82, 2.24) is 10.2 Å². The first-order chi connectivity index (χ1) is 9.43. The summed E-state index contributed by atoms with van der Waals surface area (Å²) in [6.45, 7) is 1.74. The Hall–Kier alpha value is -1.73. The number of carbonyl (C=O) groups excluding carboxylic acids is 3. The van der Waals surface area contributed by atoms with Crippen LogP contribution in [-0.2, 0) is 4.79 Å². The first kappa shape index (κ1) is 14.7. The highest BCUT2D eigenvalue weighted by atomic mass is 79.9. The lowest BCUT2D eigenvalue weighted by atomic mass is 10.1. The van der Waals surface area contributed by atoms with E-state index >= 15 is 0 Å². The molecule has 1 aliphatic rings. The molecule has 7 heteroatoms. The molecule has 1 aliphatic heterocycles.